The standard InChI is InChI=1S/C15H18IN3O/c1-4-5-6-7-11(2)13-10-14-18(3)15(20)12(16)8-9-19(14)17-13/h4-7,10,12H,2,8-9H2,1,3H3/b5-4-,7-6-. The van der Waals surface area contributed by atoms with Crippen molar-refractivity contribution in [3.63, 3.8) is 0 Å². The third-order valence-corrected chi connectivity index (χ3v) is 4.38. The molecule has 0 spiro atoms. The van der Waals surface area contributed by atoms with Crippen molar-refractivity contribution in [2.24, 2.45) is 0 Å². The molecule has 0 saturated carbocycles. The first-order valence-electron chi connectivity index (χ1n) is 6.52. The first kappa shape index (κ1) is 15.0. The number of hydrogen-bond acceptors (Lipinski definition) is 2. The molecule has 20 heavy (non-hydrogen) atoms. The van der Waals surface area contributed by atoms with E-state index in [4.69, 9.17) is 0 Å². The predicted octanol–water partition coefficient (Wildman–Crippen LogP) is 3.20. The highest BCUT2D eigenvalue weighted by Crippen LogP contribution is 2.26. The van der Waals surface area contributed by atoms with Crippen LogP contribution in [0.3, 0.4) is 0 Å². The topological polar surface area (TPSA) is 38.1 Å². The van der Waals surface area contributed by atoms with E-state index in [0.717, 1.165) is 30.1 Å². The first-order chi connectivity index (χ1) is 9.54. The molecule has 106 valence electrons. The van der Waals surface area contributed by atoms with E-state index in [1.165, 1.54) is 0 Å². The molecule has 1 atom stereocenters. The molecule has 5 heteroatoms. The van der Waals surface area contributed by atoms with Crippen LogP contribution in [0.1, 0.15) is 19.0 Å². The summed E-state index contributed by atoms with van der Waals surface area (Å²) < 4.78 is 1.90. The molecule has 0 N–H and O–H groups in total. The van der Waals surface area contributed by atoms with Crippen molar-refractivity contribution < 1.29 is 4.79 Å². The molecule has 0 bridgehead atoms. The van der Waals surface area contributed by atoms with E-state index in [0.29, 0.717) is 0 Å². The van der Waals surface area contributed by atoms with E-state index in [2.05, 4.69) is 34.3 Å². The normalized spacial score (nSPS) is 19.6. The van der Waals surface area contributed by atoms with Gasteiger partial charge in [0.25, 0.3) is 0 Å². The largest absolute Gasteiger partial charge is 0.299 e. The summed E-state index contributed by atoms with van der Waals surface area (Å²) in [5.74, 6) is 0.968. The van der Waals surface area contributed by atoms with Crippen LogP contribution in [0.5, 0.6) is 0 Å². The summed E-state index contributed by atoms with van der Waals surface area (Å²) in [7, 11) is 1.80. The second-order valence-corrected chi connectivity index (χ2v) is 6.18. The number of hydrogen-bond donors (Lipinski definition) is 0. The van der Waals surface area contributed by atoms with E-state index in [-0.39, 0.29) is 9.83 Å². The molecule has 1 unspecified atom stereocenters. The number of allylic oxidation sites excluding steroid dienone is 5. The quantitative estimate of drug-likeness (QED) is 0.457. The molecule has 2 heterocycles. The van der Waals surface area contributed by atoms with Gasteiger partial charge in [0.1, 0.15) is 5.82 Å². The molecule has 1 aromatic rings. The fourth-order valence-corrected chi connectivity index (χ4v) is 2.75. The number of nitrogens with zero attached hydrogens (tertiary/aromatic N) is 3. The van der Waals surface area contributed by atoms with Crippen LogP contribution in [-0.2, 0) is 11.3 Å². The number of carbonyl (C=O) groups is 1. The molecule has 0 aliphatic carbocycles. The highest BCUT2D eigenvalue weighted by molar-refractivity contribution is 14.1. The smallest absolute Gasteiger partial charge is 0.240 e. The number of amides is 1. The van der Waals surface area contributed by atoms with Gasteiger partial charge in [-0.15, -0.1) is 0 Å². The number of alkyl halides is 1. The van der Waals surface area contributed by atoms with Gasteiger partial charge in [0.05, 0.1) is 9.62 Å². The molecular weight excluding hydrogens is 365 g/mol. The van der Waals surface area contributed by atoms with Crippen molar-refractivity contribution in [2.75, 3.05) is 11.9 Å². The predicted molar refractivity (Wildman–Crippen MR) is 91.1 cm³/mol. The summed E-state index contributed by atoms with van der Waals surface area (Å²) in [4.78, 5) is 13.8. The van der Waals surface area contributed by atoms with Crippen LogP contribution in [0.2, 0.25) is 0 Å². The van der Waals surface area contributed by atoms with Gasteiger partial charge in [-0.05, 0) is 18.9 Å². The lowest BCUT2D eigenvalue weighted by atomic mass is 10.2. The van der Waals surface area contributed by atoms with Crippen molar-refractivity contribution in [1.82, 2.24) is 9.78 Å². The number of rotatable bonds is 3. The van der Waals surface area contributed by atoms with E-state index in [1.807, 2.05) is 42.0 Å². The molecule has 1 aliphatic heterocycles. The minimum absolute atomic E-state index is 0.0144. The maximum Gasteiger partial charge on any atom is 0.240 e. The van der Waals surface area contributed by atoms with Gasteiger partial charge in [0.2, 0.25) is 5.91 Å². The Bertz CT molecular complexity index is 586. The molecule has 4 nitrogen and oxygen atoms in total. The number of carbonyl (C=O) groups excluding carboxylic acids is 1. The Balaban J connectivity index is 2.28. The monoisotopic (exact) mass is 383 g/mol. The van der Waals surface area contributed by atoms with Crippen molar-refractivity contribution in [1.29, 1.82) is 0 Å². The SMILES string of the molecule is C=C(/C=C\C=C/C)c1cc2n(n1)CCC(I)C(=O)N2C. The Kier molecular flexibility index (Phi) is 4.80. The highest BCUT2D eigenvalue weighted by atomic mass is 127. The van der Waals surface area contributed by atoms with Gasteiger partial charge in [0.15, 0.2) is 0 Å². The minimum atomic E-state index is 0.0144. The van der Waals surface area contributed by atoms with Crippen LogP contribution in [0.15, 0.2) is 36.9 Å². The third kappa shape index (κ3) is 3.03. The van der Waals surface area contributed by atoms with Crippen LogP contribution in [0.25, 0.3) is 5.57 Å². The average Bonchev–Trinajstić information content (AvgIpc) is 2.83. The second-order valence-electron chi connectivity index (χ2n) is 4.67. The van der Waals surface area contributed by atoms with E-state index >= 15 is 0 Å². The number of fused-ring (bicyclic) bond motifs is 1. The average molecular weight is 383 g/mol. The minimum Gasteiger partial charge on any atom is -0.299 e. The van der Waals surface area contributed by atoms with Crippen LogP contribution in [-0.4, -0.2) is 26.7 Å². The van der Waals surface area contributed by atoms with Crippen molar-refractivity contribution in [3.8, 4) is 0 Å². The van der Waals surface area contributed by atoms with Gasteiger partial charge in [-0.2, -0.15) is 5.10 Å². The van der Waals surface area contributed by atoms with Gasteiger partial charge in [-0.1, -0.05) is 53.5 Å². The number of aromatic nitrogens is 2. The Hall–Kier alpha value is -1.37. The maximum absolute atomic E-state index is 12.1. The molecule has 1 aliphatic rings. The van der Waals surface area contributed by atoms with Crippen molar-refractivity contribution in [3.05, 3.63) is 42.6 Å². The van der Waals surface area contributed by atoms with Crippen molar-refractivity contribution in [2.45, 2.75) is 23.8 Å². The zero-order valence-electron chi connectivity index (χ0n) is 11.7. The molecule has 0 radical (unpaired) electrons. The van der Waals surface area contributed by atoms with Crippen molar-refractivity contribution >= 4 is 39.9 Å². The van der Waals surface area contributed by atoms with Crippen LogP contribution < -0.4 is 4.90 Å². The second kappa shape index (κ2) is 6.39. The number of anilines is 1. The molecule has 1 amide bonds. The van der Waals surface area contributed by atoms with E-state index < -0.39 is 0 Å². The molecule has 2 rings (SSSR count). The molecule has 0 fully saturated rings. The van der Waals surface area contributed by atoms with Gasteiger partial charge in [-0.3, -0.25) is 9.69 Å². The lowest BCUT2D eigenvalue weighted by Crippen LogP contribution is -2.32. The highest BCUT2D eigenvalue weighted by Gasteiger charge is 2.27. The number of aryl methyl sites for hydroxylation is 1. The van der Waals surface area contributed by atoms with Gasteiger partial charge in [-0.25, -0.2) is 4.68 Å². The Morgan fingerprint density at radius 1 is 1.55 bits per heavy atom. The van der Waals surface area contributed by atoms with Crippen LogP contribution >= 0.6 is 22.6 Å². The lowest BCUT2D eigenvalue weighted by Gasteiger charge is -2.15. The fourth-order valence-electron chi connectivity index (χ4n) is 2.05. The van der Waals surface area contributed by atoms with Crippen LogP contribution in [0.4, 0.5) is 5.82 Å². The fraction of sp³-hybridized carbons (Fsp3) is 0.333. The summed E-state index contributed by atoms with van der Waals surface area (Å²) >= 11 is 2.19. The zero-order chi connectivity index (χ0) is 14.7. The lowest BCUT2D eigenvalue weighted by molar-refractivity contribution is -0.117. The Morgan fingerprint density at radius 3 is 3.00 bits per heavy atom. The van der Waals surface area contributed by atoms with Gasteiger partial charge >= 0.3 is 0 Å². The molecule has 0 aromatic carbocycles. The van der Waals surface area contributed by atoms with Gasteiger partial charge in [0, 0.05) is 19.7 Å². The van der Waals surface area contributed by atoms with Gasteiger partial charge < -0.3 is 0 Å². The van der Waals surface area contributed by atoms with E-state index in [9.17, 15) is 4.79 Å². The summed E-state index contributed by atoms with van der Waals surface area (Å²) in [6.07, 6.45) is 8.56. The molecule has 0 saturated heterocycles. The maximum atomic E-state index is 12.1. The first-order valence-corrected chi connectivity index (χ1v) is 7.77. The summed E-state index contributed by atoms with van der Waals surface area (Å²) in [6.45, 7) is 6.74. The Morgan fingerprint density at radius 2 is 2.30 bits per heavy atom. The summed E-state index contributed by atoms with van der Waals surface area (Å²) in [6, 6.07) is 1.93. The zero-order valence-corrected chi connectivity index (χ0v) is 13.9. The number of halogens is 1. The molecular formula is C15H18IN3O. The third-order valence-electron chi connectivity index (χ3n) is 3.23. The summed E-state index contributed by atoms with van der Waals surface area (Å²) in [5, 5.41) is 4.55. The molecule has 1 aromatic heterocycles. The van der Waals surface area contributed by atoms with Crippen LogP contribution in [0, 0.1) is 0 Å². The van der Waals surface area contributed by atoms with E-state index in [1.54, 1.807) is 11.9 Å². The Labute approximate surface area is 133 Å². The summed E-state index contributed by atoms with van der Waals surface area (Å²) in [5.41, 5.74) is 1.66.